The van der Waals surface area contributed by atoms with Gasteiger partial charge < -0.3 is 10.5 Å². The standard InChI is InChI=1S/C11H13N5O3/c1-19-11-6-9(16(17)18)2-3-10(11)15-7-8(4-5-12)13-14-15/h2-3,6-7H,4-5,12H2,1H3. The molecule has 0 bridgehead atoms. The van der Waals surface area contributed by atoms with E-state index >= 15 is 0 Å². The summed E-state index contributed by atoms with van der Waals surface area (Å²) < 4.78 is 6.65. The van der Waals surface area contributed by atoms with Crippen molar-refractivity contribution < 1.29 is 9.66 Å². The smallest absolute Gasteiger partial charge is 0.273 e. The van der Waals surface area contributed by atoms with Gasteiger partial charge in [0, 0.05) is 12.5 Å². The highest BCUT2D eigenvalue weighted by atomic mass is 16.6. The number of ether oxygens (including phenoxy) is 1. The fourth-order valence-electron chi connectivity index (χ4n) is 1.65. The third kappa shape index (κ3) is 2.68. The van der Waals surface area contributed by atoms with Crippen molar-refractivity contribution in [2.24, 2.45) is 5.73 Å². The highest BCUT2D eigenvalue weighted by Gasteiger charge is 2.13. The van der Waals surface area contributed by atoms with Crippen molar-refractivity contribution in [3.05, 3.63) is 40.2 Å². The zero-order valence-corrected chi connectivity index (χ0v) is 10.3. The van der Waals surface area contributed by atoms with E-state index in [-0.39, 0.29) is 5.69 Å². The van der Waals surface area contributed by atoms with Crippen LogP contribution in [0.5, 0.6) is 5.75 Å². The molecule has 0 aliphatic rings. The summed E-state index contributed by atoms with van der Waals surface area (Å²) in [4.78, 5) is 10.2. The van der Waals surface area contributed by atoms with Crippen LogP contribution in [0.4, 0.5) is 5.69 Å². The summed E-state index contributed by atoms with van der Waals surface area (Å²) in [5.41, 5.74) is 6.74. The Labute approximate surface area is 108 Å². The predicted octanol–water partition coefficient (Wildman–Crippen LogP) is 0.685. The van der Waals surface area contributed by atoms with Gasteiger partial charge in [-0.1, -0.05) is 5.21 Å². The molecule has 2 rings (SSSR count). The van der Waals surface area contributed by atoms with Crippen LogP contribution in [0.15, 0.2) is 24.4 Å². The summed E-state index contributed by atoms with van der Waals surface area (Å²) in [6.07, 6.45) is 2.34. The molecule has 0 aliphatic carbocycles. The average Bonchev–Trinajstić information content (AvgIpc) is 2.86. The first-order valence-corrected chi connectivity index (χ1v) is 5.60. The number of nitrogens with two attached hydrogens (primary N) is 1. The maximum Gasteiger partial charge on any atom is 0.273 e. The number of nitrogens with zero attached hydrogens (tertiary/aromatic N) is 4. The Balaban J connectivity index is 2.40. The lowest BCUT2D eigenvalue weighted by Gasteiger charge is -2.06. The van der Waals surface area contributed by atoms with Gasteiger partial charge in [-0.05, 0) is 12.6 Å². The van der Waals surface area contributed by atoms with Gasteiger partial charge in [0.2, 0.25) is 0 Å². The second-order valence-corrected chi connectivity index (χ2v) is 3.81. The number of hydrogen-bond donors (Lipinski definition) is 1. The molecular weight excluding hydrogens is 250 g/mol. The molecule has 19 heavy (non-hydrogen) atoms. The number of rotatable bonds is 5. The fraction of sp³-hybridized carbons (Fsp3) is 0.273. The van der Waals surface area contributed by atoms with Crippen LogP contribution in [-0.2, 0) is 6.42 Å². The number of non-ortho nitro benzene ring substituents is 1. The van der Waals surface area contributed by atoms with Crippen LogP contribution < -0.4 is 10.5 Å². The molecule has 0 spiro atoms. The molecule has 1 heterocycles. The van der Waals surface area contributed by atoms with Crippen LogP contribution in [-0.4, -0.2) is 33.6 Å². The molecular formula is C11H13N5O3. The maximum absolute atomic E-state index is 10.7. The molecule has 0 radical (unpaired) electrons. The molecule has 0 atom stereocenters. The quantitative estimate of drug-likeness (QED) is 0.627. The Kier molecular flexibility index (Phi) is 3.71. The molecule has 0 aliphatic heterocycles. The number of benzene rings is 1. The summed E-state index contributed by atoms with van der Waals surface area (Å²) in [5, 5.41) is 18.6. The highest BCUT2D eigenvalue weighted by Crippen LogP contribution is 2.27. The average molecular weight is 263 g/mol. The van der Waals surface area contributed by atoms with Gasteiger partial charge in [0.25, 0.3) is 5.69 Å². The van der Waals surface area contributed by atoms with Crippen molar-refractivity contribution in [1.82, 2.24) is 15.0 Å². The van der Waals surface area contributed by atoms with Gasteiger partial charge in [-0.2, -0.15) is 0 Å². The zero-order valence-electron chi connectivity index (χ0n) is 10.3. The summed E-state index contributed by atoms with van der Waals surface area (Å²) in [6, 6.07) is 4.31. The van der Waals surface area contributed by atoms with E-state index in [0.29, 0.717) is 24.4 Å². The first-order valence-electron chi connectivity index (χ1n) is 5.60. The number of aromatic nitrogens is 3. The Hall–Kier alpha value is -2.48. The maximum atomic E-state index is 10.7. The van der Waals surface area contributed by atoms with Crippen molar-refractivity contribution in [3.63, 3.8) is 0 Å². The second-order valence-electron chi connectivity index (χ2n) is 3.81. The van der Waals surface area contributed by atoms with E-state index in [0.717, 1.165) is 5.69 Å². The topological polar surface area (TPSA) is 109 Å². The minimum Gasteiger partial charge on any atom is -0.494 e. The van der Waals surface area contributed by atoms with Crippen LogP contribution in [0.3, 0.4) is 0 Å². The van der Waals surface area contributed by atoms with Crippen LogP contribution >= 0.6 is 0 Å². The van der Waals surface area contributed by atoms with Gasteiger partial charge in [0.1, 0.15) is 5.69 Å². The van der Waals surface area contributed by atoms with Crippen LogP contribution in [0.2, 0.25) is 0 Å². The van der Waals surface area contributed by atoms with Gasteiger partial charge in [-0.3, -0.25) is 10.1 Å². The number of nitro groups is 1. The van der Waals surface area contributed by atoms with E-state index in [1.165, 1.54) is 23.9 Å². The molecule has 1 aromatic carbocycles. The van der Waals surface area contributed by atoms with Gasteiger partial charge in [-0.25, -0.2) is 4.68 Å². The SMILES string of the molecule is COc1cc([N+](=O)[O-])ccc1-n1cc(CCN)nn1. The normalized spacial score (nSPS) is 10.4. The molecule has 2 N–H and O–H groups in total. The molecule has 0 amide bonds. The van der Waals surface area contributed by atoms with E-state index < -0.39 is 4.92 Å². The number of hydrogen-bond acceptors (Lipinski definition) is 6. The molecule has 100 valence electrons. The van der Waals surface area contributed by atoms with E-state index in [2.05, 4.69) is 10.3 Å². The lowest BCUT2D eigenvalue weighted by Crippen LogP contribution is -2.02. The van der Waals surface area contributed by atoms with Gasteiger partial charge >= 0.3 is 0 Å². The monoisotopic (exact) mass is 263 g/mol. The minimum atomic E-state index is -0.479. The Bertz CT molecular complexity index is 596. The van der Waals surface area contributed by atoms with Crippen molar-refractivity contribution in [3.8, 4) is 11.4 Å². The van der Waals surface area contributed by atoms with E-state index in [1.807, 2.05) is 0 Å². The van der Waals surface area contributed by atoms with Gasteiger partial charge in [0.05, 0.1) is 30.0 Å². The summed E-state index contributed by atoms with van der Waals surface area (Å²) >= 11 is 0. The summed E-state index contributed by atoms with van der Waals surface area (Å²) in [6.45, 7) is 0.482. The molecule has 0 fully saturated rings. The molecule has 0 unspecified atom stereocenters. The molecule has 8 nitrogen and oxygen atoms in total. The number of methoxy groups -OCH3 is 1. The fourth-order valence-corrected chi connectivity index (χ4v) is 1.65. The Morgan fingerprint density at radius 3 is 2.95 bits per heavy atom. The van der Waals surface area contributed by atoms with E-state index in [9.17, 15) is 10.1 Å². The first-order chi connectivity index (χ1) is 9.15. The lowest BCUT2D eigenvalue weighted by atomic mass is 10.2. The third-order valence-corrected chi connectivity index (χ3v) is 2.56. The van der Waals surface area contributed by atoms with Crippen molar-refractivity contribution >= 4 is 5.69 Å². The van der Waals surface area contributed by atoms with Crippen molar-refractivity contribution in [1.29, 1.82) is 0 Å². The summed E-state index contributed by atoms with van der Waals surface area (Å²) in [7, 11) is 1.44. The van der Waals surface area contributed by atoms with Crippen LogP contribution in [0, 0.1) is 10.1 Å². The van der Waals surface area contributed by atoms with Crippen LogP contribution in [0.1, 0.15) is 5.69 Å². The molecule has 0 saturated heterocycles. The largest absolute Gasteiger partial charge is 0.494 e. The van der Waals surface area contributed by atoms with E-state index in [1.54, 1.807) is 12.3 Å². The van der Waals surface area contributed by atoms with E-state index in [4.69, 9.17) is 10.5 Å². The number of nitro benzene ring substituents is 1. The first kappa shape index (κ1) is 13.0. The highest BCUT2D eigenvalue weighted by molar-refractivity contribution is 5.52. The predicted molar refractivity (Wildman–Crippen MR) is 67.3 cm³/mol. The molecule has 0 saturated carbocycles. The van der Waals surface area contributed by atoms with Gasteiger partial charge in [0.15, 0.2) is 5.75 Å². The third-order valence-electron chi connectivity index (χ3n) is 2.56. The molecule has 8 heteroatoms. The van der Waals surface area contributed by atoms with Crippen LogP contribution in [0.25, 0.3) is 5.69 Å². The lowest BCUT2D eigenvalue weighted by molar-refractivity contribution is -0.384. The minimum absolute atomic E-state index is 0.0390. The second kappa shape index (κ2) is 5.44. The Morgan fingerprint density at radius 1 is 1.53 bits per heavy atom. The molecule has 2 aromatic rings. The van der Waals surface area contributed by atoms with Crippen molar-refractivity contribution in [2.75, 3.05) is 13.7 Å². The van der Waals surface area contributed by atoms with Crippen molar-refractivity contribution in [2.45, 2.75) is 6.42 Å². The zero-order chi connectivity index (χ0) is 13.8. The Morgan fingerprint density at radius 2 is 2.32 bits per heavy atom. The molecule has 1 aromatic heterocycles. The van der Waals surface area contributed by atoms with Gasteiger partial charge in [-0.15, -0.1) is 5.10 Å². The summed E-state index contributed by atoms with van der Waals surface area (Å²) in [5.74, 6) is 0.360.